The molecule has 2 rings (SSSR count). The summed E-state index contributed by atoms with van der Waals surface area (Å²) in [4.78, 5) is 4.31. The second-order valence-corrected chi connectivity index (χ2v) is 4.36. The van der Waals surface area contributed by atoms with Gasteiger partial charge in [-0.15, -0.1) is 5.10 Å². The molecule has 0 saturated heterocycles. The summed E-state index contributed by atoms with van der Waals surface area (Å²) in [5.74, 6) is 0.621. The van der Waals surface area contributed by atoms with Crippen molar-refractivity contribution in [3.05, 3.63) is 22.8 Å². The lowest BCUT2D eigenvalue weighted by atomic mass is 10.3. The van der Waals surface area contributed by atoms with Gasteiger partial charge in [0.1, 0.15) is 0 Å². The smallest absolute Gasteiger partial charge is 0.243 e. The van der Waals surface area contributed by atoms with E-state index < -0.39 is 0 Å². The number of nitrogens with zero attached hydrogens (tertiary/aromatic N) is 3. The molecule has 0 unspecified atom stereocenters. The summed E-state index contributed by atoms with van der Waals surface area (Å²) in [6.45, 7) is 1.01. The van der Waals surface area contributed by atoms with Gasteiger partial charge in [0.15, 0.2) is 5.65 Å². The number of fused-ring (bicyclic) bond motifs is 1. The van der Waals surface area contributed by atoms with Crippen molar-refractivity contribution in [1.82, 2.24) is 14.6 Å². The summed E-state index contributed by atoms with van der Waals surface area (Å²) >= 11 is 3.38. The van der Waals surface area contributed by atoms with Crippen LogP contribution in [0.2, 0.25) is 0 Å². The summed E-state index contributed by atoms with van der Waals surface area (Å²) in [7, 11) is 0. The van der Waals surface area contributed by atoms with Crippen molar-refractivity contribution in [3.63, 3.8) is 0 Å². The molecule has 0 bridgehead atoms. The number of aliphatic hydroxyl groups excluding tert-OH is 1. The van der Waals surface area contributed by atoms with Crippen molar-refractivity contribution < 1.29 is 5.11 Å². The third-order valence-corrected chi connectivity index (χ3v) is 2.63. The van der Waals surface area contributed by atoms with Gasteiger partial charge in [-0.25, -0.2) is 4.52 Å². The first-order valence-corrected chi connectivity index (χ1v) is 5.95. The first kappa shape index (κ1) is 11.3. The van der Waals surface area contributed by atoms with E-state index in [4.69, 9.17) is 5.11 Å². The second-order valence-electron chi connectivity index (χ2n) is 3.44. The van der Waals surface area contributed by atoms with Crippen LogP contribution in [0.5, 0.6) is 0 Å². The Hall–Kier alpha value is -1.14. The molecule has 2 heterocycles. The van der Waals surface area contributed by atoms with Crippen molar-refractivity contribution in [2.75, 3.05) is 18.5 Å². The summed E-state index contributed by atoms with van der Waals surface area (Å²) in [5.41, 5.74) is 0.813. The average Bonchev–Trinajstić information content (AvgIpc) is 2.66. The lowest BCUT2D eigenvalue weighted by Gasteiger charge is -1.98. The second kappa shape index (κ2) is 5.27. The summed E-state index contributed by atoms with van der Waals surface area (Å²) < 4.78 is 2.69. The SMILES string of the molecule is OCCCCNc1nc2ccc(Br)cn2n1. The fourth-order valence-electron chi connectivity index (χ4n) is 1.37. The van der Waals surface area contributed by atoms with Crippen LogP contribution in [0.15, 0.2) is 22.8 Å². The molecule has 0 aliphatic heterocycles. The summed E-state index contributed by atoms with van der Waals surface area (Å²) in [6.07, 6.45) is 3.57. The Balaban J connectivity index is 2.02. The van der Waals surface area contributed by atoms with Crippen molar-refractivity contribution in [1.29, 1.82) is 0 Å². The molecule has 2 aromatic rings. The van der Waals surface area contributed by atoms with Crippen molar-refractivity contribution >= 4 is 27.5 Å². The van der Waals surface area contributed by atoms with Crippen LogP contribution < -0.4 is 5.32 Å². The van der Waals surface area contributed by atoms with E-state index in [0.29, 0.717) is 5.95 Å². The molecular formula is C10H13BrN4O. The molecule has 16 heavy (non-hydrogen) atoms. The van der Waals surface area contributed by atoms with Crippen LogP contribution >= 0.6 is 15.9 Å². The third kappa shape index (κ3) is 2.70. The van der Waals surface area contributed by atoms with E-state index in [0.717, 1.165) is 29.5 Å². The van der Waals surface area contributed by atoms with Crippen LogP contribution in [-0.4, -0.2) is 32.9 Å². The fourth-order valence-corrected chi connectivity index (χ4v) is 1.70. The summed E-state index contributed by atoms with van der Waals surface area (Å²) in [6, 6.07) is 3.83. The van der Waals surface area contributed by atoms with E-state index in [1.165, 1.54) is 0 Å². The molecule has 0 fully saturated rings. The van der Waals surface area contributed by atoms with Crippen LogP contribution in [0.1, 0.15) is 12.8 Å². The number of hydrogen-bond donors (Lipinski definition) is 2. The molecule has 0 aliphatic carbocycles. The zero-order valence-corrected chi connectivity index (χ0v) is 10.3. The van der Waals surface area contributed by atoms with E-state index in [1.807, 2.05) is 18.3 Å². The predicted molar refractivity (Wildman–Crippen MR) is 65.5 cm³/mol. The normalized spacial score (nSPS) is 10.9. The lowest BCUT2D eigenvalue weighted by molar-refractivity contribution is 0.286. The number of unbranched alkanes of at least 4 members (excludes halogenated alkanes) is 1. The highest BCUT2D eigenvalue weighted by Crippen LogP contribution is 2.12. The molecular weight excluding hydrogens is 272 g/mol. The maximum atomic E-state index is 8.64. The number of aliphatic hydroxyl groups is 1. The maximum absolute atomic E-state index is 8.64. The molecule has 2 aromatic heterocycles. The maximum Gasteiger partial charge on any atom is 0.243 e. The first-order valence-electron chi connectivity index (χ1n) is 5.16. The van der Waals surface area contributed by atoms with Crippen LogP contribution in [0, 0.1) is 0 Å². The monoisotopic (exact) mass is 284 g/mol. The van der Waals surface area contributed by atoms with E-state index in [9.17, 15) is 0 Å². The first-order chi connectivity index (χ1) is 7.79. The van der Waals surface area contributed by atoms with E-state index in [-0.39, 0.29) is 6.61 Å². The van der Waals surface area contributed by atoms with E-state index >= 15 is 0 Å². The van der Waals surface area contributed by atoms with Crippen LogP contribution in [0.4, 0.5) is 5.95 Å². The Bertz CT molecular complexity index is 471. The molecule has 5 nitrogen and oxygen atoms in total. The van der Waals surface area contributed by atoms with Crippen molar-refractivity contribution in [2.45, 2.75) is 12.8 Å². The van der Waals surface area contributed by atoms with Crippen molar-refractivity contribution in [2.24, 2.45) is 0 Å². The van der Waals surface area contributed by atoms with Gasteiger partial charge in [-0.05, 0) is 40.9 Å². The Kier molecular flexibility index (Phi) is 3.74. The molecule has 0 saturated carbocycles. The van der Waals surface area contributed by atoms with Crippen molar-refractivity contribution in [3.8, 4) is 0 Å². The van der Waals surface area contributed by atoms with Gasteiger partial charge in [-0.3, -0.25) is 0 Å². The summed E-state index contributed by atoms with van der Waals surface area (Å²) in [5, 5.41) is 16.0. The topological polar surface area (TPSA) is 62.5 Å². The molecule has 0 radical (unpaired) electrons. The van der Waals surface area contributed by atoms with Gasteiger partial charge in [0, 0.05) is 23.8 Å². The molecule has 0 aliphatic rings. The largest absolute Gasteiger partial charge is 0.396 e. The van der Waals surface area contributed by atoms with Gasteiger partial charge in [-0.1, -0.05) is 0 Å². The Morgan fingerprint density at radius 2 is 2.25 bits per heavy atom. The quantitative estimate of drug-likeness (QED) is 0.820. The van der Waals surface area contributed by atoms with Gasteiger partial charge >= 0.3 is 0 Å². The number of nitrogens with one attached hydrogen (secondary N) is 1. The number of hydrogen-bond acceptors (Lipinski definition) is 4. The molecule has 6 heteroatoms. The Labute approximate surface area is 102 Å². The van der Waals surface area contributed by atoms with Gasteiger partial charge in [-0.2, -0.15) is 4.98 Å². The molecule has 86 valence electrons. The molecule has 2 N–H and O–H groups in total. The van der Waals surface area contributed by atoms with Gasteiger partial charge in [0.05, 0.1) is 0 Å². The minimum absolute atomic E-state index is 0.229. The average molecular weight is 285 g/mol. The van der Waals surface area contributed by atoms with Crippen LogP contribution in [0.3, 0.4) is 0 Å². The number of anilines is 1. The van der Waals surface area contributed by atoms with E-state index in [1.54, 1.807) is 4.52 Å². The number of aromatic nitrogens is 3. The number of halogens is 1. The number of rotatable bonds is 5. The molecule has 0 spiro atoms. The van der Waals surface area contributed by atoms with Gasteiger partial charge in [0.25, 0.3) is 0 Å². The minimum Gasteiger partial charge on any atom is -0.396 e. The molecule has 0 aromatic carbocycles. The highest BCUT2D eigenvalue weighted by atomic mass is 79.9. The van der Waals surface area contributed by atoms with E-state index in [2.05, 4.69) is 31.3 Å². The third-order valence-electron chi connectivity index (χ3n) is 2.16. The predicted octanol–water partition coefficient (Wildman–Crippen LogP) is 1.68. The highest BCUT2D eigenvalue weighted by molar-refractivity contribution is 9.10. The number of pyridine rings is 1. The Morgan fingerprint density at radius 3 is 3.06 bits per heavy atom. The highest BCUT2D eigenvalue weighted by Gasteiger charge is 2.02. The minimum atomic E-state index is 0.229. The van der Waals surface area contributed by atoms with Crippen LogP contribution in [0.25, 0.3) is 5.65 Å². The molecule has 0 amide bonds. The fraction of sp³-hybridized carbons (Fsp3) is 0.400. The van der Waals surface area contributed by atoms with Gasteiger partial charge < -0.3 is 10.4 Å². The standard InChI is InChI=1S/C10H13BrN4O/c11-8-3-4-9-13-10(14-15(9)7-8)12-5-1-2-6-16/h3-4,7,16H,1-2,5-6H2,(H,12,14). The zero-order valence-electron chi connectivity index (χ0n) is 8.73. The van der Waals surface area contributed by atoms with Crippen LogP contribution in [-0.2, 0) is 0 Å². The molecule has 0 atom stereocenters. The Morgan fingerprint density at radius 1 is 1.38 bits per heavy atom. The zero-order chi connectivity index (χ0) is 11.4. The lowest BCUT2D eigenvalue weighted by Crippen LogP contribution is -2.03. The van der Waals surface area contributed by atoms with Gasteiger partial charge in [0.2, 0.25) is 5.95 Å².